The molecular formula is C10H18N2O3. The number of amides is 1. The molecule has 1 rings (SSSR count). The maximum atomic E-state index is 11.3. The Morgan fingerprint density at radius 1 is 1.67 bits per heavy atom. The van der Waals surface area contributed by atoms with Crippen molar-refractivity contribution in [1.82, 2.24) is 10.2 Å². The van der Waals surface area contributed by atoms with Crippen LogP contribution < -0.4 is 5.32 Å². The van der Waals surface area contributed by atoms with E-state index >= 15 is 0 Å². The van der Waals surface area contributed by atoms with E-state index in [2.05, 4.69) is 5.32 Å². The molecule has 1 aliphatic rings. The smallest absolute Gasteiger partial charge is 0.320 e. The molecule has 1 atom stereocenters. The van der Waals surface area contributed by atoms with Crippen molar-refractivity contribution in [2.75, 3.05) is 26.2 Å². The molecule has 1 heterocycles. The van der Waals surface area contributed by atoms with Crippen LogP contribution in [0.4, 0.5) is 0 Å². The van der Waals surface area contributed by atoms with Gasteiger partial charge in [0.15, 0.2) is 0 Å². The minimum absolute atomic E-state index is 0.0493. The van der Waals surface area contributed by atoms with E-state index in [9.17, 15) is 9.59 Å². The van der Waals surface area contributed by atoms with Gasteiger partial charge in [-0.1, -0.05) is 0 Å². The summed E-state index contributed by atoms with van der Waals surface area (Å²) < 4.78 is 4.87. The van der Waals surface area contributed by atoms with E-state index < -0.39 is 0 Å². The normalized spacial score (nSPS) is 23.1. The van der Waals surface area contributed by atoms with Gasteiger partial charge < -0.3 is 10.1 Å². The zero-order chi connectivity index (χ0) is 11.3. The highest BCUT2D eigenvalue weighted by molar-refractivity contribution is 5.76. The Balaban J connectivity index is 2.44. The Bertz CT molecular complexity index is 243. The molecule has 86 valence electrons. The van der Waals surface area contributed by atoms with Crippen molar-refractivity contribution in [3.8, 4) is 0 Å². The molecule has 1 aliphatic heterocycles. The Kier molecular flexibility index (Phi) is 4.55. The van der Waals surface area contributed by atoms with Crippen LogP contribution in [0.2, 0.25) is 0 Å². The summed E-state index contributed by atoms with van der Waals surface area (Å²) in [7, 11) is 0. The number of nitrogens with zero attached hydrogens (tertiary/aromatic N) is 1. The summed E-state index contributed by atoms with van der Waals surface area (Å²) in [5.41, 5.74) is 0. The van der Waals surface area contributed by atoms with Crippen LogP contribution in [0.25, 0.3) is 0 Å². The molecule has 1 amide bonds. The Morgan fingerprint density at radius 3 is 3.07 bits per heavy atom. The molecule has 5 nitrogen and oxygen atoms in total. The van der Waals surface area contributed by atoms with Gasteiger partial charge in [0.25, 0.3) is 0 Å². The van der Waals surface area contributed by atoms with Crippen LogP contribution in [-0.4, -0.2) is 49.1 Å². The number of ether oxygens (including phenoxy) is 1. The van der Waals surface area contributed by atoms with Gasteiger partial charge >= 0.3 is 5.97 Å². The van der Waals surface area contributed by atoms with Gasteiger partial charge in [-0.05, 0) is 13.8 Å². The van der Waals surface area contributed by atoms with E-state index in [0.717, 1.165) is 0 Å². The monoisotopic (exact) mass is 214 g/mol. The molecule has 0 aromatic rings. The molecule has 5 heteroatoms. The topological polar surface area (TPSA) is 58.6 Å². The zero-order valence-corrected chi connectivity index (χ0v) is 9.28. The number of rotatable bonds is 3. The van der Waals surface area contributed by atoms with Crippen LogP contribution in [0.3, 0.4) is 0 Å². The summed E-state index contributed by atoms with van der Waals surface area (Å²) in [4.78, 5) is 24.4. The third kappa shape index (κ3) is 3.87. The fourth-order valence-corrected chi connectivity index (χ4v) is 1.55. The quantitative estimate of drug-likeness (QED) is 0.659. The number of hydrogen-bond donors (Lipinski definition) is 1. The van der Waals surface area contributed by atoms with Crippen LogP contribution >= 0.6 is 0 Å². The van der Waals surface area contributed by atoms with Gasteiger partial charge in [-0.3, -0.25) is 14.5 Å². The SMILES string of the molecule is CCOC(=O)CN1CCC(=O)NC[C@@H]1C. The molecule has 0 saturated carbocycles. The molecule has 0 unspecified atom stereocenters. The Morgan fingerprint density at radius 2 is 2.40 bits per heavy atom. The summed E-state index contributed by atoms with van der Waals surface area (Å²) in [5.74, 6) is -0.174. The molecule has 0 aromatic carbocycles. The van der Waals surface area contributed by atoms with Crippen molar-refractivity contribution in [2.45, 2.75) is 26.3 Å². The predicted molar refractivity (Wildman–Crippen MR) is 55.3 cm³/mol. The molecule has 1 fully saturated rings. The number of nitrogens with one attached hydrogen (secondary N) is 1. The van der Waals surface area contributed by atoms with Gasteiger partial charge in [0.2, 0.25) is 5.91 Å². The second-order valence-corrected chi connectivity index (χ2v) is 3.68. The van der Waals surface area contributed by atoms with Crippen molar-refractivity contribution < 1.29 is 14.3 Å². The Hall–Kier alpha value is -1.10. The first-order valence-corrected chi connectivity index (χ1v) is 5.30. The minimum atomic E-state index is -0.223. The van der Waals surface area contributed by atoms with Gasteiger partial charge in [0, 0.05) is 25.6 Å². The van der Waals surface area contributed by atoms with Crippen LogP contribution in [0.15, 0.2) is 0 Å². The maximum Gasteiger partial charge on any atom is 0.320 e. The van der Waals surface area contributed by atoms with Gasteiger partial charge in [-0.2, -0.15) is 0 Å². The number of carbonyl (C=O) groups is 2. The van der Waals surface area contributed by atoms with Crippen LogP contribution in [0, 0.1) is 0 Å². The second-order valence-electron chi connectivity index (χ2n) is 3.68. The molecule has 15 heavy (non-hydrogen) atoms. The molecule has 0 aliphatic carbocycles. The number of hydrogen-bond acceptors (Lipinski definition) is 4. The standard InChI is InChI=1S/C10H18N2O3/c1-3-15-10(14)7-12-5-4-9(13)11-6-8(12)2/h8H,3-7H2,1-2H3,(H,11,13)/t8-/m0/s1. The first-order valence-electron chi connectivity index (χ1n) is 5.30. The van der Waals surface area contributed by atoms with Crippen LogP contribution in [0.1, 0.15) is 20.3 Å². The van der Waals surface area contributed by atoms with Crippen molar-refractivity contribution in [3.63, 3.8) is 0 Å². The van der Waals surface area contributed by atoms with E-state index in [1.807, 2.05) is 11.8 Å². The van der Waals surface area contributed by atoms with E-state index in [1.54, 1.807) is 6.92 Å². The Labute approximate surface area is 89.8 Å². The van der Waals surface area contributed by atoms with Gasteiger partial charge in [0.1, 0.15) is 0 Å². The van der Waals surface area contributed by atoms with Crippen molar-refractivity contribution in [3.05, 3.63) is 0 Å². The second kappa shape index (κ2) is 5.70. The van der Waals surface area contributed by atoms with Crippen molar-refractivity contribution >= 4 is 11.9 Å². The molecule has 0 bridgehead atoms. The lowest BCUT2D eigenvalue weighted by Crippen LogP contribution is -2.41. The predicted octanol–water partition coefficient (Wildman–Crippen LogP) is -0.240. The summed E-state index contributed by atoms with van der Waals surface area (Å²) >= 11 is 0. The number of esters is 1. The fourth-order valence-electron chi connectivity index (χ4n) is 1.55. The van der Waals surface area contributed by atoms with Gasteiger partial charge in [-0.15, -0.1) is 0 Å². The molecule has 0 spiro atoms. The summed E-state index contributed by atoms with van der Waals surface area (Å²) in [6.45, 7) is 5.66. The molecule has 0 aromatic heterocycles. The number of carbonyl (C=O) groups excluding carboxylic acids is 2. The highest BCUT2D eigenvalue weighted by Crippen LogP contribution is 2.04. The third-order valence-corrected chi connectivity index (χ3v) is 2.48. The van der Waals surface area contributed by atoms with Crippen LogP contribution in [-0.2, 0) is 14.3 Å². The lowest BCUT2D eigenvalue weighted by molar-refractivity contribution is -0.145. The van der Waals surface area contributed by atoms with E-state index in [4.69, 9.17) is 4.74 Å². The third-order valence-electron chi connectivity index (χ3n) is 2.48. The summed E-state index contributed by atoms with van der Waals surface area (Å²) in [6.07, 6.45) is 0.448. The lowest BCUT2D eigenvalue weighted by atomic mass is 10.3. The molecule has 0 radical (unpaired) electrons. The highest BCUT2D eigenvalue weighted by Gasteiger charge is 2.22. The molecule has 1 saturated heterocycles. The van der Waals surface area contributed by atoms with E-state index in [1.165, 1.54) is 0 Å². The average molecular weight is 214 g/mol. The van der Waals surface area contributed by atoms with Crippen molar-refractivity contribution in [2.24, 2.45) is 0 Å². The van der Waals surface area contributed by atoms with Gasteiger partial charge in [0.05, 0.1) is 13.2 Å². The fraction of sp³-hybridized carbons (Fsp3) is 0.800. The first kappa shape index (κ1) is 12.0. The summed E-state index contributed by atoms with van der Waals surface area (Å²) in [5, 5.41) is 2.80. The average Bonchev–Trinajstić information content (AvgIpc) is 2.33. The largest absolute Gasteiger partial charge is 0.465 e. The van der Waals surface area contributed by atoms with Crippen molar-refractivity contribution in [1.29, 1.82) is 0 Å². The zero-order valence-electron chi connectivity index (χ0n) is 9.28. The molecule has 1 N–H and O–H groups in total. The lowest BCUT2D eigenvalue weighted by Gasteiger charge is -2.24. The first-order chi connectivity index (χ1) is 7.13. The minimum Gasteiger partial charge on any atom is -0.465 e. The van der Waals surface area contributed by atoms with E-state index in [0.29, 0.717) is 26.1 Å². The summed E-state index contributed by atoms with van der Waals surface area (Å²) in [6, 6.07) is 0.181. The van der Waals surface area contributed by atoms with Crippen LogP contribution in [0.5, 0.6) is 0 Å². The highest BCUT2D eigenvalue weighted by atomic mass is 16.5. The molecular weight excluding hydrogens is 196 g/mol. The maximum absolute atomic E-state index is 11.3. The van der Waals surface area contributed by atoms with Gasteiger partial charge in [-0.25, -0.2) is 0 Å². The van der Waals surface area contributed by atoms with E-state index in [-0.39, 0.29) is 24.5 Å².